The summed E-state index contributed by atoms with van der Waals surface area (Å²) in [6.45, 7) is 0. The zero-order chi connectivity index (χ0) is 16.7. The van der Waals surface area contributed by atoms with Crippen molar-refractivity contribution in [1.29, 1.82) is 0 Å². The summed E-state index contributed by atoms with van der Waals surface area (Å²) in [4.78, 5) is 11.9. The second-order valence-corrected chi connectivity index (χ2v) is 6.21. The molecular formula is C18H11Cl2N3O. The molecule has 4 rings (SSSR count). The second-order valence-electron chi connectivity index (χ2n) is 5.34. The molecule has 0 fully saturated rings. The third-order valence-corrected chi connectivity index (χ3v) is 4.38. The molecule has 0 saturated heterocycles. The van der Waals surface area contributed by atoms with E-state index in [1.807, 2.05) is 54.6 Å². The van der Waals surface area contributed by atoms with E-state index < -0.39 is 0 Å². The maximum Gasteiger partial charge on any atom is 0.347 e. The summed E-state index contributed by atoms with van der Waals surface area (Å²) in [5.41, 5.74) is 4.02. The quantitative estimate of drug-likeness (QED) is 0.568. The van der Waals surface area contributed by atoms with Crippen molar-refractivity contribution in [3.63, 3.8) is 0 Å². The van der Waals surface area contributed by atoms with Crippen LogP contribution >= 0.6 is 23.2 Å². The minimum Gasteiger partial charge on any atom is -0.250 e. The van der Waals surface area contributed by atoms with Crippen LogP contribution in [-0.2, 0) is 0 Å². The van der Waals surface area contributed by atoms with Crippen LogP contribution in [-0.4, -0.2) is 14.6 Å². The fraction of sp³-hybridized carbons (Fsp3) is 0. The maximum absolute atomic E-state index is 11.9. The molecular weight excluding hydrogens is 345 g/mol. The molecule has 0 bridgehead atoms. The van der Waals surface area contributed by atoms with Gasteiger partial charge in [-0.1, -0.05) is 47.5 Å². The lowest BCUT2D eigenvalue weighted by atomic mass is 9.96. The van der Waals surface area contributed by atoms with Crippen molar-refractivity contribution in [2.75, 3.05) is 0 Å². The molecule has 6 heteroatoms. The van der Waals surface area contributed by atoms with Gasteiger partial charge >= 0.3 is 5.69 Å². The van der Waals surface area contributed by atoms with Gasteiger partial charge in [0.05, 0.1) is 0 Å². The van der Waals surface area contributed by atoms with Gasteiger partial charge in [-0.15, -0.1) is 0 Å². The summed E-state index contributed by atoms with van der Waals surface area (Å²) < 4.78 is 1.49. The summed E-state index contributed by atoms with van der Waals surface area (Å²) in [5, 5.41) is 8.00. The number of fused-ring (bicyclic) bond motifs is 1. The molecule has 0 atom stereocenters. The minimum absolute atomic E-state index is 0.275. The van der Waals surface area contributed by atoms with Gasteiger partial charge in [0.2, 0.25) is 0 Å². The SMILES string of the molecule is O=c1[nH]nc2c(-c3ccc(Cl)cc3)c(-c3ccc(Cl)cc3)ccn12. The molecule has 4 aromatic rings. The molecule has 0 amide bonds. The number of nitrogens with zero attached hydrogens (tertiary/aromatic N) is 2. The first-order valence-electron chi connectivity index (χ1n) is 7.25. The van der Waals surface area contributed by atoms with E-state index in [-0.39, 0.29) is 5.69 Å². The van der Waals surface area contributed by atoms with Crippen molar-refractivity contribution in [3.05, 3.63) is 81.3 Å². The van der Waals surface area contributed by atoms with Gasteiger partial charge in [-0.3, -0.25) is 0 Å². The molecule has 0 aliphatic heterocycles. The Morgan fingerprint density at radius 3 is 2.04 bits per heavy atom. The second kappa shape index (κ2) is 5.82. The Morgan fingerprint density at radius 1 is 0.833 bits per heavy atom. The highest BCUT2D eigenvalue weighted by Crippen LogP contribution is 2.35. The van der Waals surface area contributed by atoms with E-state index in [9.17, 15) is 4.79 Å². The molecule has 2 heterocycles. The summed E-state index contributed by atoms with van der Waals surface area (Å²) in [7, 11) is 0. The zero-order valence-corrected chi connectivity index (χ0v) is 13.8. The van der Waals surface area contributed by atoms with Crippen LogP contribution in [0.5, 0.6) is 0 Å². The van der Waals surface area contributed by atoms with E-state index in [2.05, 4.69) is 10.2 Å². The molecule has 1 N–H and O–H groups in total. The third kappa shape index (κ3) is 2.50. The highest BCUT2D eigenvalue weighted by Gasteiger charge is 2.15. The van der Waals surface area contributed by atoms with Crippen LogP contribution < -0.4 is 5.69 Å². The van der Waals surface area contributed by atoms with Crippen LogP contribution in [0.1, 0.15) is 0 Å². The van der Waals surface area contributed by atoms with Crippen LogP contribution in [0.15, 0.2) is 65.6 Å². The van der Waals surface area contributed by atoms with E-state index in [1.54, 1.807) is 6.20 Å². The number of hydrogen-bond donors (Lipinski definition) is 1. The highest BCUT2D eigenvalue weighted by atomic mass is 35.5. The van der Waals surface area contributed by atoms with Gasteiger partial charge in [-0.25, -0.2) is 14.3 Å². The predicted molar refractivity (Wildman–Crippen MR) is 96.7 cm³/mol. The Balaban J connectivity index is 2.06. The van der Waals surface area contributed by atoms with Gasteiger partial charge in [-0.2, -0.15) is 5.10 Å². The average molecular weight is 356 g/mol. The fourth-order valence-electron chi connectivity index (χ4n) is 2.74. The number of H-pyrrole nitrogens is 1. The number of pyridine rings is 1. The highest BCUT2D eigenvalue weighted by molar-refractivity contribution is 6.31. The van der Waals surface area contributed by atoms with Crippen LogP contribution in [0.3, 0.4) is 0 Å². The van der Waals surface area contributed by atoms with Crippen LogP contribution in [0, 0.1) is 0 Å². The molecule has 0 saturated carbocycles. The molecule has 0 spiro atoms. The molecule has 0 radical (unpaired) electrons. The van der Waals surface area contributed by atoms with Crippen LogP contribution in [0.2, 0.25) is 10.0 Å². The Bertz CT molecular complexity index is 1080. The smallest absolute Gasteiger partial charge is 0.250 e. The molecule has 0 unspecified atom stereocenters. The molecule has 118 valence electrons. The first kappa shape index (κ1) is 15.0. The number of hydrogen-bond acceptors (Lipinski definition) is 2. The van der Waals surface area contributed by atoms with E-state index in [1.165, 1.54) is 4.40 Å². The molecule has 2 aromatic heterocycles. The number of aromatic amines is 1. The molecule has 4 nitrogen and oxygen atoms in total. The summed E-state index contributed by atoms with van der Waals surface area (Å²) >= 11 is 12.0. The van der Waals surface area contributed by atoms with Crippen molar-refractivity contribution in [2.45, 2.75) is 0 Å². The summed E-state index contributed by atoms with van der Waals surface area (Å²) in [6.07, 6.45) is 1.71. The van der Waals surface area contributed by atoms with Crippen molar-refractivity contribution in [3.8, 4) is 22.3 Å². The largest absolute Gasteiger partial charge is 0.347 e. The third-order valence-electron chi connectivity index (χ3n) is 3.88. The topological polar surface area (TPSA) is 50.2 Å². The Kier molecular flexibility index (Phi) is 3.63. The van der Waals surface area contributed by atoms with Gasteiger partial charge < -0.3 is 0 Å². The molecule has 0 aliphatic rings. The monoisotopic (exact) mass is 355 g/mol. The Morgan fingerprint density at radius 2 is 1.42 bits per heavy atom. The van der Waals surface area contributed by atoms with Crippen LogP contribution in [0.25, 0.3) is 27.9 Å². The van der Waals surface area contributed by atoms with Gasteiger partial charge in [0.25, 0.3) is 0 Å². The lowest BCUT2D eigenvalue weighted by Gasteiger charge is -2.11. The van der Waals surface area contributed by atoms with Crippen molar-refractivity contribution < 1.29 is 0 Å². The normalized spacial score (nSPS) is 11.1. The van der Waals surface area contributed by atoms with Crippen molar-refractivity contribution >= 4 is 28.8 Å². The molecule has 0 aliphatic carbocycles. The lowest BCUT2D eigenvalue weighted by molar-refractivity contribution is 1.02. The minimum atomic E-state index is -0.275. The standard InChI is InChI=1S/C18H11Cl2N3O/c19-13-5-1-11(2-6-13)15-9-10-23-17(21-22-18(23)24)16(15)12-3-7-14(20)8-4-12/h1-10H,(H,22,24). The van der Waals surface area contributed by atoms with E-state index >= 15 is 0 Å². The van der Waals surface area contributed by atoms with Gasteiger partial charge in [0.15, 0.2) is 5.65 Å². The number of halogens is 2. The first-order valence-corrected chi connectivity index (χ1v) is 8.01. The van der Waals surface area contributed by atoms with E-state index in [0.29, 0.717) is 15.7 Å². The summed E-state index contributed by atoms with van der Waals surface area (Å²) in [6, 6.07) is 16.9. The predicted octanol–water partition coefficient (Wildman–Crippen LogP) is 4.66. The van der Waals surface area contributed by atoms with Gasteiger partial charge in [0, 0.05) is 21.8 Å². The van der Waals surface area contributed by atoms with Crippen LogP contribution in [0.4, 0.5) is 0 Å². The maximum atomic E-state index is 11.9. The summed E-state index contributed by atoms with van der Waals surface area (Å²) in [5.74, 6) is 0. The average Bonchev–Trinajstić information content (AvgIpc) is 2.97. The molecule has 24 heavy (non-hydrogen) atoms. The fourth-order valence-corrected chi connectivity index (χ4v) is 3.00. The number of rotatable bonds is 2. The number of aromatic nitrogens is 3. The van der Waals surface area contributed by atoms with E-state index in [0.717, 1.165) is 22.3 Å². The molecule has 2 aromatic carbocycles. The first-order chi connectivity index (χ1) is 11.6. The van der Waals surface area contributed by atoms with Gasteiger partial charge in [0.1, 0.15) is 0 Å². The zero-order valence-electron chi connectivity index (χ0n) is 12.3. The van der Waals surface area contributed by atoms with E-state index in [4.69, 9.17) is 23.2 Å². The number of benzene rings is 2. The van der Waals surface area contributed by atoms with Crippen molar-refractivity contribution in [1.82, 2.24) is 14.6 Å². The lowest BCUT2D eigenvalue weighted by Crippen LogP contribution is -2.09. The Labute approximate surface area is 147 Å². The number of nitrogens with one attached hydrogen (secondary N) is 1. The van der Waals surface area contributed by atoms with Crippen molar-refractivity contribution in [2.24, 2.45) is 0 Å². The Hall–Kier alpha value is -2.56. The van der Waals surface area contributed by atoms with Gasteiger partial charge in [-0.05, 0) is 47.0 Å².